The number of halogens is 6. The molecule has 0 spiro atoms. The second-order valence-electron chi connectivity index (χ2n) is 5.21. The van der Waals surface area contributed by atoms with E-state index in [0.717, 1.165) is 0 Å². The fourth-order valence-electron chi connectivity index (χ4n) is 1.39. The third kappa shape index (κ3) is 11.0. The highest BCUT2D eigenvalue weighted by atomic mass is 35.7. The van der Waals surface area contributed by atoms with Crippen LogP contribution in [0.1, 0.15) is 16.7 Å². The van der Waals surface area contributed by atoms with Crippen molar-refractivity contribution in [3.05, 3.63) is 34.9 Å². The molecule has 126 valence electrons. The topological polar surface area (TPSA) is 0 Å². The van der Waals surface area contributed by atoms with Crippen LogP contribution in [-0.4, -0.2) is 20.1 Å². The maximum absolute atomic E-state index is 6.02. The van der Waals surface area contributed by atoms with Crippen molar-refractivity contribution in [2.24, 2.45) is 0 Å². The zero-order chi connectivity index (χ0) is 18.6. The molecule has 0 radical (unpaired) electrons. The van der Waals surface area contributed by atoms with E-state index < -0.39 is 20.1 Å². The van der Waals surface area contributed by atoms with Gasteiger partial charge in [0.15, 0.2) is 0 Å². The zero-order valence-corrected chi connectivity index (χ0v) is 20.5. The van der Waals surface area contributed by atoms with Gasteiger partial charge in [0.25, 0.3) is 0 Å². The molecule has 0 unspecified atom stereocenters. The van der Waals surface area contributed by atoms with Gasteiger partial charge in [0.05, 0.1) is 0 Å². The standard InChI is InChI=1S/C15H12Cl6Si3/c1-22(16,17)7-4-13-10-14(5-8-23(2,18)19)12-15(11-13)6-9-24(3,20)21/h10-12H,1-3H3. The number of benzene rings is 1. The van der Waals surface area contributed by atoms with Crippen LogP contribution in [0, 0.1) is 34.4 Å². The van der Waals surface area contributed by atoms with Crippen LogP contribution in [0.5, 0.6) is 0 Å². The van der Waals surface area contributed by atoms with Crippen LogP contribution >= 0.6 is 66.5 Å². The average Bonchev–Trinajstić information content (AvgIpc) is 2.38. The van der Waals surface area contributed by atoms with Crippen molar-refractivity contribution in [2.45, 2.75) is 19.6 Å². The highest BCUT2D eigenvalue weighted by Crippen LogP contribution is 2.16. The molecule has 1 rings (SSSR count). The molecule has 0 fully saturated rings. The number of rotatable bonds is 0. The Morgan fingerprint density at radius 2 is 0.750 bits per heavy atom. The van der Waals surface area contributed by atoms with Crippen LogP contribution in [0.3, 0.4) is 0 Å². The summed E-state index contributed by atoms with van der Waals surface area (Å²) in [6.45, 7) is -2.42. The summed E-state index contributed by atoms with van der Waals surface area (Å²) >= 11 is 36.1. The molecular formula is C15H12Cl6Si3. The Morgan fingerprint density at radius 1 is 0.542 bits per heavy atom. The summed E-state index contributed by atoms with van der Waals surface area (Å²) in [6.07, 6.45) is 0. The molecule has 1 aromatic rings. The lowest BCUT2D eigenvalue weighted by Crippen LogP contribution is -2.09. The summed E-state index contributed by atoms with van der Waals surface area (Å²) < 4.78 is 0. The van der Waals surface area contributed by atoms with Crippen molar-refractivity contribution in [1.82, 2.24) is 0 Å². The first-order valence-electron chi connectivity index (χ1n) is 6.62. The van der Waals surface area contributed by atoms with Gasteiger partial charge in [0.2, 0.25) is 0 Å². The first kappa shape index (κ1) is 22.3. The van der Waals surface area contributed by atoms with E-state index in [1.807, 2.05) is 18.2 Å². The fourth-order valence-corrected chi connectivity index (χ4v) is 3.33. The van der Waals surface area contributed by atoms with Crippen molar-refractivity contribution in [3.63, 3.8) is 0 Å². The third-order valence-corrected chi connectivity index (χ3v) is 5.60. The lowest BCUT2D eigenvalue weighted by atomic mass is 10.1. The molecule has 0 bridgehead atoms. The lowest BCUT2D eigenvalue weighted by Gasteiger charge is -2.02. The van der Waals surface area contributed by atoms with E-state index in [-0.39, 0.29) is 0 Å². The van der Waals surface area contributed by atoms with Crippen LogP contribution in [0.25, 0.3) is 0 Å². The normalized spacial score (nSPS) is 11.4. The maximum atomic E-state index is 6.02. The molecule has 0 heterocycles. The van der Waals surface area contributed by atoms with Crippen LogP contribution in [0.15, 0.2) is 18.2 Å². The predicted octanol–water partition coefficient (Wildman–Crippen LogP) is 6.01. The summed E-state index contributed by atoms with van der Waals surface area (Å²) in [5.74, 6) is 8.89. The summed E-state index contributed by atoms with van der Waals surface area (Å²) in [7, 11) is 0. The molecule has 1 aromatic carbocycles. The quantitative estimate of drug-likeness (QED) is 0.238. The highest BCUT2D eigenvalue weighted by molar-refractivity contribution is 7.49. The van der Waals surface area contributed by atoms with Crippen molar-refractivity contribution < 1.29 is 0 Å². The van der Waals surface area contributed by atoms with E-state index in [2.05, 4.69) is 34.4 Å². The van der Waals surface area contributed by atoms with Gasteiger partial charge in [0.1, 0.15) is 0 Å². The highest BCUT2D eigenvalue weighted by Gasteiger charge is 2.18. The summed E-state index contributed by atoms with van der Waals surface area (Å²) in [6, 6.07) is 5.43. The molecule has 0 aliphatic carbocycles. The largest absolute Gasteiger partial charge is 0.322 e. The van der Waals surface area contributed by atoms with Gasteiger partial charge in [-0.3, -0.25) is 0 Å². The van der Waals surface area contributed by atoms with Crippen molar-refractivity contribution in [3.8, 4) is 34.4 Å². The SMILES string of the molecule is C[Si](Cl)(Cl)C#Cc1cc(C#C[Si](C)(Cl)Cl)cc(C#C[Si](C)(Cl)Cl)c1. The van der Waals surface area contributed by atoms with Gasteiger partial charge < -0.3 is 0 Å². The van der Waals surface area contributed by atoms with E-state index in [9.17, 15) is 0 Å². The average molecular weight is 489 g/mol. The third-order valence-electron chi connectivity index (χ3n) is 2.21. The molecule has 24 heavy (non-hydrogen) atoms. The molecule has 0 saturated carbocycles. The molecule has 0 amide bonds. The van der Waals surface area contributed by atoms with Crippen LogP contribution in [0.2, 0.25) is 19.6 Å². The van der Waals surface area contributed by atoms with Crippen molar-refractivity contribution in [2.75, 3.05) is 0 Å². The Morgan fingerprint density at radius 3 is 0.917 bits per heavy atom. The first-order chi connectivity index (χ1) is 10.7. The van der Waals surface area contributed by atoms with E-state index in [1.165, 1.54) is 0 Å². The number of hydrogen-bond acceptors (Lipinski definition) is 0. The van der Waals surface area contributed by atoms with Gasteiger partial charge in [-0.15, -0.1) is 66.5 Å². The molecule has 0 aliphatic heterocycles. The van der Waals surface area contributed by atoms with E-state index in [4.69, 9.17) is 66.5 Å². The molecule has 0 nitrogen and oxygen atoms in total. The minimum absolute atomic E-state index is 0.700. The molecule has 9 heteroatoms. The lowest BCUT2D eigenvalue weighted by molar-refractivity contribution is 1.56. The maximum Gasteiger partial charge on any atom is 0.322 e. The van der Waals surface area contributed by atoms with Crippen LogP contribution in [-0.2, 0) is 0 Å². The van der Waals surface area contributed by atoms with Gasteiger partial charge >= 0.3 is 20.1 Å². The zero-order valence-electron chi connectivity index (χ0n) is 13.0. The van der Waals surface area contributed by atoms with Gasteiger partial charge in [-0.05, 0) is 37.8 Å². The summed E-state index contributed by atoms with van der Waals surface area (Å²) in [5.41, 5.74) is 10.7. The Labute approximate surface area is 174 Å². The van der Waals surface area contributed by atoms with Gasteiger partial charge in [-0.1, -0.05) is 34.4 Å². The van der Waals surface area contributed by atoms with Crippen molar-refractivity contribution in [1.29, 1.82) is 0 Å². The van der Waals surface area contributed by atoms with E-state index in [0.29, 0.717) is 16.7 Å². The summed E-state index contributed by atoms with van der Waals surface area (Å²) in [5, 5.41) is 0. The molecule has 0 N–H and O–H groups in total. The number of hydrogen-bond donors (Lipinski definition) is 0. The molecule has 0 aromatic heterocycles. The van der Waals surface area contributed by atoms with Gasteiger partial charge in [-0.25, -0.2) is 0 Å². The molecular weight excluding hydrogens is 477 g/mol. The van der Waals surface area contributed by atoms with Crippen LogP contribution in [0.4, 0.5) is 0 Å². The second kappa shape index (κ2) is 8.79. The Balaban J connectivity index is 3.40. The van der Waals surface area contributed by atoms with Gasteiger partial charge in [0, 0.05) is 16.7 Å². The Kier molecular flexibility index (Phi) is 8.18. The molecule has 0 atom stereocenters. The van der Waals surface area contributed by atoms with E-state index in [1.54, 1.807) is 19.6 Å². The monoisotopic (exact) mass is 486 g/mol. The summed E-state index contributed by atoms with van der Waals surface area (Å²) in [4.78, 5) is 0. The van der Waals surface area contributed by atoms with E-state index >= 15 is 0 Å². The smallest absolute Gasteiger partial charge is 0.130 e. The minimum Gasteiger partial charge on any atom is -0.130 e. The Bertz CT molecular complexity index is 674. The predicted molar refractivity (Wildman–Crippen MR) is 117 cm³/mol. The molecule has 0 aliphatic rings. The molecule has 0 saturated heterocycles. The second-order valence-corrected chi connectivity index (χ2v) is 26.6. The van der Waals surface area contributed by atoms with Gasteiger partial charge in [-0.2, -0.15) is 0 Å². The fraction of sp³-hybridized carbons (Fsp3) is 0.200. The first-order valence-corrected chi connectivity index (χ1v) is 20.2. The van der Waals surface area contributed by atoms with Crippen molar-refractivity contribution >= 4 is 86.6 Å². The van der Waals surface area contributed by atoms with Crippen LogP contribution < -0.4 is 0 Å². The Hall–Kier alpha value is 0.291. The minimum atomic E-state index is -2.53.